The Kier molecular flexibility index (Phi) is 4.25. The zero-order valence-corrected chi connectivity index (χ0v) is 10.9. The summed E-state index contributed by atoms with van der Waals surface area (Å²) in [6.07, 6.45) is 0.0976. The highest BCUT2D eigenvalue weighted by molar-refractivity contribution is 7.71. The van der Waals surface area contributed by atoms with Crippen LogP contribution in [0.4, 0.5) is 0 Å². The minimum absolute atomic E-state index is 0.0976. The maximum atomic E-state index is 11.7. The first kappa shape index (κ1) is 13.2. The van der Waals surface area contributed by atoms with Crippen molar-refractivity contribution in [1.82, 2.24) is 15.3 Å². The summed E-state index contributed by atoms with van der Waals surface area (Å²) in [5.74, 6) is -0.167. The number of amides is 1. The van der Waals surface area contributed by atoms with Gasteiger partial charge in [0, 0.05) is 18.3 Å². The summed E-state index contributed by atoms with van der Waals surface area (Å²) in [6, 6.07) is 10.9. The number of nitrogens with one attached hydrogen (secondary N) is 3. The van der Waals surface area contributed by atoms with Gasteiger partial charge in [-0.15, -0.1) is 0 Å². The lowest BCUT2D eigenvalue weighted by Gasteiger charge is -2.05. The Hall–Kier alpha value is -2.21. The molecule has 1 amide bonds. The summed E-state index contributed by atoms with van der Waals surface area (Å²) in [5.41, 5.74) is 1.21. The van der Waals surface area contributed by atoms with Gasteiger partial charge in [-0.05, 0) is 17.8 Å². The van der Waals surface area contributed by atoms with Crippen molar-refractivity contribution >= 4 is 18.1 Å². The number of hydrogen-bond acceptors (Lipinski definition) is 3. The molecule has 98 valence electrons. The summed E-state index contributed by atoms with van der Waals surface area (Å²) < 4.78 is 0.221. The summed E-state index contributed by atoms with van der Waals surface area (Å²) in [5, 5.41) is 2.78. The third-order valence-corrected chi connectivity index (χ3v) is 2.70. The first-order valence-corrected chi connectivity index (χ1v) is 6.17. The van der Waals surface area contributed by atoms with Crippen molar-refractivity contribution in [3.05, 3.63) is 62.8 Å². The van der Waals surface area contributed by atoms with Crippen molar-refractivity contribution in [2.24, 2.45) is 0 Å². The fourth-order valence-corrected chi connectivity index (χ4v) is 1.88. The van der Waals surface area contributed by atoms with Gasteiger partial charge in [0.1, 0.15) is 0 Å². The van der Waals surface area contributed by atoms with Gasteiger partial charge in [-0.2, -0.15) is 0 Å². The van der Waals surface area contributed by atoms with Crippen molar-refractivity contribution in [2.75, 3.05) is 0 Å². The van der Waals surface area contributed by atoms with Gasteiger partial charge >= 0.3 is 0 Å². The zero-order chi connectivity index (χ0) is 13.7. The largest absolute Gasteiger partial charge is 0.352 e. The molecular formula is C13H13N3O2S. The van der Waals surface area contributed by atoms with E-state index in [1.165, 1.54) is 6.07 Å². The average Bonchev–Trinajstić information content (AvgIpc) is 2.36. The van der Waals surface area contributed by atoms with Gasteiger partial charge in [-0.25, -0.2) is 0 Å². The fraction of sp³-hybridized carbons (Fsp3) is 0.154. The van der Waals surface area contributed by atoms with Gasteiger partial charge in [0.2, 0.25) is 5.91 Å². The maximum Gasteiger partial charge on any atom is 0.251 e. The number of aromatic amines is 2. The molecule has 3 N–H and O–H groups in total. The SMILES string of the molecule is O=C(Cc1cc(=O)[nH]c(=S)[nH]1)NCc1ccccc1. The minimum atomic E-state index is -0.311. The van der Waals surface area contributed by atoms with Gasteiger partial charge in [-0.3, -0.25) is 14.6 Å². The molecule has 1 aromatic heterocycles. The van der Waals surface area contributed by atoms with Crippen molar-refractivity contribution in [3.8, 4) is 0 Å². The number of carbonyl (C=O) groups excluding carboxylic acids is 1. The van der Waals surface area contributed by atoms with E-state index in [0.29, 0.717) is 12.2 Å². The summed E-state index contributed by atoms with van der Waals surface area (Å²) in [4.78, 5) is 28.1. The summed E-state index contributed by atoms with van der Waals surface area (Å²) in [6.45, 7) is 0.462. The molecule has 0 aliphatic heterocycles. The molecule has 0 spiro atoms. The van der Waals surface area contributed by atoms with E-state index in [-0.39, 0.29) is 22.7 Å². The van der Waals surface area contributed by atoms with E-state index >= 15 is 0 Å². The molecule has 0 aliphatic rings. The van der Waals surface area contributed by atoms with Gasteiger partial charge in [0.15, 0.2) is 4.77 Å². The molecule has 2 rings (SSSR count). The minimum Gasteiger partial charge on any atom is -0.352 e. The molecule has 0 radical (unpaired) electrons. The molecule has 0 saturated heterocycles. The second-order valence-electron chi connectivity index (χ2n) is 4.05. The van der Waals surface area contributed by atoms with Crippen LogP contribution < -0.4 is 10.9 Å². The van der Waals surface area contributed by atoms with E-state index < -0.39 is 0 Å². The molecule has 1 heterocycles. The van der Waals surface area contributed by atoms with Gasteiger partial charge in [-0.1, -0.05) is 30.3 Å². The lowest BCUT2D eigenvalue weighted by atomic mass is 10.2. The molecule has 0 saturated carbocycles. The fourth-order valence-electron chi connectivity index (χ4n) is 1.65. The number of H-pyrrole nitrogens is 2. The number of aromatic nitrogens is 2. The highest BCUT2D eigenvalue weighted by atomic mass is 32.1. The van der Waals surface area contributed by atoms with Crippen LogP contribution in [0.1, 0.15) is 11.3 Å². The van der Waals surface area contributed by atoms with Crippen LogP contribution in [0.5, 0.6) is 0 Å². The lowest BCUT2D eigenvalue weighted by molar-refractivity contribution is -0.120. The summed E-state index contributed by atoms with van der Waals surface area (Å²) >= 11 is 4.84. The van der Waals surface area contributed by atoms with Crippen molar-refractivity contribution in [1.29, 1.82) is 0 Å². The van der Waals surface area contributed by atoms with Crippen molar-refractivity contribution in [2.45, 2.75) is 13.0 Å². The highest BCUT2D eigenvalue weighted by Crippen LogP contribution is 1.98. The number of hydrogen-bond donors (Lipinski definition) is 3. The third-order valence-electron chi connectivity index (χ3n) is 2.50. The predicted octanol–water partition coefficient (Wildman–Crippen LogP) is 1.29. The van der Waals surface area contributed by atoms with Crippen LogP contribution in [-0.4, -0.2) is 15.9 Å². The molecule has 6 heteroatoms. The quantitative estimate of drug-likeness (QED) is 0.736. The van der Waals surface area contributed by atoms with E-state index in [1.54, 1.807) is 0 Å². The van der Waals surface area contributed by atoms with E-state index in [2.05, 4.69) is 15.3 Å². The Morgan fingerprint density at radius 1 is 1.21 bits per heavy atom. The Morgan fingerprint density at radius 2 is 1.95 bits per heavy atom. The Labute approximate surface area is 114 Å². The standard InChI is InChI=1S/C13H13N3O2S/c17-11(14-8-9-4-2-1-3-5-9)6-10-7-12(18)16-13(19)15-10/h1-5,7H,6,8H2,(H,14,17)(H2,15,16,18,19). The molecule has 0 unspecified atom stereocenters. The molecule has 19 heavy (non-hydrogen) atoms. The second-order valence-corrected chi connectivity index (χ2v) is 4.46. The lowest BCUT2D eigenvalue weighted by Crippen LogP contribution is -2.25. The Balaban J connectivity index is 1.94. The number of carbonyl (C=O) groups is 1. The smallest absolute Gasteiger partial charge is 0.251 e. The van der Waals surface area contributed by atoms with Crippen molar-refractivity contribution in [3.63, 3.8) is 0 Å². The number of benzene rings is 1. The van der Waals surface area contributed by atoms with E-state index in [1.807, 2.05) is 30.3 Å². The predicted molar refractivity (Wildman–Crippen MR) is 74.2 cm³/mol. The monoisotopic (exact) mass is 275 g/mol. The van der Waals surface area contributed by atoms with Crippen LogP contribution in [-0.2, 0) is 17.8 Å². The zero-order valence-electron chi connectivity index (χ0n) is 10.1. The molecular weight excluding hydrogens is 262 g/mol. The number of rotatable bonds is 4. The Bertz CT molecular complexity index is 648. The third kappa shape index (κ3) is 4.18. The molecule has 0 atom stereocenters. The topological polar surface area (TPSA) is 77.8 Å². The van der Waals surface area contributed by atoms with Crippen LogP contribution in [0.25, 0.3) is 0 Å². The first-order valence-electron chi connectivity index (χ1n) is 5.76. The highest BCUT2D eigenvalue weighted by Gasteiger charge is 2.04. The van der Waals surface area contributed by atoms with E-state index in [9.17, 15) is 9.59 Å². The van der Waals surface area contributed by atoms with Crippen LogP contribution in [0.3, 0.4) is 0 Å². The molecule has 5 nitrogen and oxygen atoms in total. The maximum absolute atomic E-state index is 11.7. The molecule has 1 aromatic carbocycles. The average molecular weight is 275 g/mol. The van der Waals surface area contributed by atoms with E-state index in [0.717, 1.165) is 5.56 Å². The van der Waals surface area contributed by atoms with Gasteiger partial charge in [0.25, 0.3) is 5.56 Å². The van der Waals surface area contributed by atoms with Crippen LogP contribution in [0, 0.1) is 4.77 Å². The molecule has 0 aliphatic carbocycles. The molecule has 0 fully saturated rings. The van der Waals surface area contributed by atoms with Crippen molar-refractivity contribution < 1.29 is 4.79 Å². The van der Waals surface area contributed by atoms with Crippen LogP contribution in [0.15, 0.2) is 41.2 Å². The Morgan fingerprint density at radius 3 is 2.63 bits per heavy atom. The molecule has 0 bridgehead atoms. The van der Waals surface area contributed by atoms with Gasteiger partial charge < -0.3 is 10.3 Å². The van der Waals surface area contributed by atoms with Crippen LogP contribution >= 0.6 is 12.2 Å². The summed E-state index contributed by atoms with van der Waals surface area (Å²) in [7, 11) is 0. The normalized spacial score (nSPS) is 10.1. The second kappa shape index (κ2) is 6.10. The van der Waals surface area contributed by atoms with E-state index in [4.69, 9.17) is 12.2 Å². The molecule has 2 aromatic rings. The first-order chi connectivity index (χ1) is 9.13. The van der Waals surface area contributed by atoms with Gasteiger partial charge in [0.05, 0.1) is 6.42 Å². The van der Waals surface area contributed by atoms with Crippen LogP contribution in [0.2, 0.25) is 0 Å².